The Labute approximate surface area is 273 Å². The van der Waals surface area contributed by atoms with Gasteiger partial charge >= 0.3 is 5.97 Å². The lowest BCUT2D eigenvalue weighted by Crippen LogP contribution is -2.69. The van der Waals surface area contributed by atoms with Gasteiger partial charge in [0.2, 0.25) is 6.29 Å². The van der Waals surface area contributed by atoms with Gasteiger partial charge in [0.05, 0.1) is 29.8 Å². The average Bonchev–Trinajstić information content (AvgIpc) is 2.98. The molecule has 6 rings (SSSR count). The monoisotopic (exact) mass is 650 g/mol. The predicted octanol–water partition coefficient (Wildman–Crippen LogP) is 2.43. The quantitative estimate of drug-likeness (QED) is 0.177. The maximum atomic E-state index is 14.5. The Morgan fingerprint density at radius 2 is 1.59 bits per heavy atom. The Morgan fingerprint density at radius 1 is 0.913 bits per heavy atom. The highest BCUT2D eigenvalue weighted by Crippen LogP contribution is 2.76. The van der Waals surface area contributed by atoms with Crippen LogP contribution < -0.4 is 0 Å². The first-order chi connectivity index (χ1) is 21.2. The van der Waals surface area contributed by atoms with Crippen molar-refractivity contribution in [3.63, 3.8) is 0 Å². The minimum Gasteiger partial charge on any atom is -0.432 e. The number of carbonyl (C=O) groups excluding carboxylic acids is 1. The maximum absolute atomic E-state index is 14.5. The lowest BCUT2D eigenvalue weighted by Gasteiger charge is -2.72. The normalized spacial score (nSPS) is 56.4. The fourth-order valence-electron chi connectivity index (χ4n) is 12.4. The van der Waals surface area contributed by atoms with Crippen LogP contribution in [-0.4, -0.2) is 96.8 Å². The largest absolute Gasteiger partial charge is 0.432 e. The molecule has 0 radical (unpaired) electrons. The van der Waals surface area contributed by atoms with Crippen molar-refractivity contribution in [2.75, 3.05) is 6.61 Å². The van der Waals surface area contributed by atoms with E-state index in [1.165, 1.54) is 0 Å². The highest BCUT2D eigenvalue weighted by atomic mass is 16.7. The number of rotatable bonds is 3. The second kappa shape index (κ2) is 10.9. The summed E-state index contributed by atoms with van der Waals surface area (Å²) in [6.45, 7) is 14.4. The van der Waals surface area contributed by atoms with E-state index in [4.69, 9.17) is 9.47 Å². The molecule has 4 saturated carbocycles. The fraction of sp³-hybridized carbons (Fsp3) is 0.917. The van der Waals surface area contributed by atoms with Crippen molar-refractivity contribution in [3.05, 3.63) is 11.6 Å². The number of hydrogen-bond acceptors (Lipinski definition) is 10. The van der Waals surface area contributed by atoms with Gasteiger partial charge in [-0.25, -0.2) is 0 Å². The zero-order valence-corrected chi connectivity index (χ0v) is 28.6. The van der Waals surface area contributed by atoms with E-state index in [0.29, 0.717) is 32.1 Å². The van der Waals surface area contributed by atoms with Gasteiger partial charge in [0.15, 0.2) is 0 Å². The Morgan fingerprint density at radius 3 is 2.24 bits per heavy atom. The van der Waals surface area contributed by atoms with Crippen LogP contribution in [0.5, 0.6) is 0 Å². The molecular weight excluding hydrogens is 592 g/mol. The van der Waals surface area contributed by atoms with Gasteiger partial charge in [-0.3, -0.25) is 4.79 Å². The van der Waals surface area contributed by atoms with E-state index < -0.39 is 77.8 Å². The number of ether oxygens (including phenoxy) is 2. The minimum atomic E-state index is -1.70. The van der Waals surface area contributed by atoms with E-state index in [2.05, 4.69) is 40.7 Å². The summed E-state index contributed by atoms with van der Waals surface area (Å²) in [4.78, 5) is 14.5. The molecular formula is C36H58O10. The number of aliphatic hydroxyl groups is 7. The summed E-state index contributed by atoms with van der Waals surface area (Å²) in [7, 11) is 0. The molecule has 0 spiro atoms. The molecule has 46 heavy (non-hydrogen) atoms. The van der Waals surface area contributed by atoms with Gasteiger partial charge in [-0.05, 0) is 97.7 Å². The van der Waals surface area contributed by atoms with Crippen molar-refractivity contribution < 1.29 is 50.0 Å². The van der Waals surface area contributed by atoms with Crippen LogP contribution in [0.1, 0.15) is 99.8 Å². The number of carbonyl (C=O) groups is 1. The van der Waals surface area contributed by atoms with Gasteiger partial charge < -0.3 is 45.2 Å². The van der Waals surface area contributed by atoms with Gasteiger partial charge in [-0.15, -0.1) is 0 Å². The molecule has 0 amide bonds. The minimum absolute atomic E-state index is 0.0940. The van der Waals surface area contributed by atoms with Crippen molar-refractivity contribution in [3.8, 4) is 0 Å². The molecule has 0 aromatic rings. The number of aliphatic hydroxyl groups excluding tert-OH is 6. The highest BCUT2D eigenvalue weighted by Gasteiger charge is 2.72. The second-order valence-corrected chi connectivity index (χ2v) is 17.7. The number of esters is 1. The molecule has 6 aliphatic rings. The van der Waals surface area contributed by atoms with Crippen molar-refractivity contribution >= 4 is 5.97 Å². The molecule has 0 unspecified atom stereocenters. The number of fused-ring (bicyclic) bond motifs is 7. The first-order valence-electron chi connectivity index (χ1n) is 17.5. The molecule has 7 N–H and O–H groups in total. The predicted molar refractivity (Wildman–Crippen MR) is 168 cm³/mol. The molecule has 1 aliphatic heterocycles. The zero-order chi connectivity index (χ0) is 34.0. The summed E-state index contributed by atoms with van der Waals surface area (Å²) in [5, 5.41) is 75.6. The SMILES string of the molecule is C[C@@H]1CC[C@]2(C(=O)O[C@@H]3O[C@H](CO)[C@@H](O)[C@H](O)[C@H]3O)CC[C@]3(C)C(=CC[C@@H]4[C@@]5(C)C[C@@H](O)[C@H](O)C(C)(C)[C@@H]5CC[C@]43C)[C@H]2[C@]1(C)O. The van der Waals surface area contributed by atoms with Crippen LogP contribution in [0.4, 0.5) is 0 Å². The van der Waals surface area contributed by atoms with E-state index in [1.807, 2.05) is 13.8 Å². The van der Waals surface area contributed by atoms with Crippen molar-refractivity contribution in [2.24, 2.45) is 50.7 Å². The van der Waals surface area contributed by atoms with Gasteiger partial charge in [0, 0.05) is 5.92 Å². The third-order valence-corrected chi connectivity index (χ3v) is 15.5. The molecule has 0 bridgehead atoms. The van der Waals surface area contributed by atoms with E-state index >= 15 is 0 Å². The molecule has 0 aromatic carbocycles. The zero-order valence-electron chi connectivity index (χ0n) is 28.6. The van der Waals surface area contributed by atoms with Crippen molar-refractivity contribution in [1.82, 2.24) is 0 Å². The molecule has 10 heteroatoms. The average molecular weight is 651 g/mol. The number of hydrogen-bond donors (Lipinski definition) is 7. The molecule has 1 saturated heterocycles. The van der Waals surface area contributed by atoms with Crippen LogP contribution in [0.25, 0.3) is 0 Å². The van der Waals surface area contributed by atoms with E-state index in [-0.39, 0.29) is 34.0 Å². The lowest BCUT2D eigenvalue weighted by atomic mass is 9.33. The summed E-state index contributed by atoms with van der Waals surface area (Å²) in [6.07, 6.45) is -1.65. The van der Waals surface area contributed by atoms with E-state index in [9.17, 15) is 40.5 Å². The summed E-state index contributed by atoms with van der Waals surface area (Å²) in [5.41, 5.74) is -2.44. The first kappa shape index (κ1) is 34.7. The van der Waals surface area contributed by atoms with Crippen LogP contribution in [0.2, 0.25) is 0 Å². The lowest BCUT2D eigenvalue weighted by molar-refractivity contribution is -0.299. The first-order valence-corrected chi connectivity index (χ1v) is 17.5. The van der Waals surface area contributed by atoms with Crippen LogP contribution >= 0.6 is 0 Å². The van der Waals surface area contributed by atoms with E-state index in [1.54, 1.807) is 0 Å². The van der Waals surface area contributed by atoms with E-state index in [0.717, 1.165) is 24.8 Å². The standard InChI is InChI=1S/C36H58O10/c1-18-10-13-36(30(43)46-29-26(41)25(40)24(39)21(17-37)45-29)15-14-33(5)19(27(36)35(18,7)44)8-9-23-32(4)16-20(38)28(42)31(2,3)22(32)11-12-34(23,33)6/h8,18,20-29,37-42,44H,9-17H2,1-7H3/t18-,20-,21-,22+,23-,24-,25+,26-,27+,28+,29+,32+,33-,34-,35-,36+/m1/s1. The smallest absolute Gasteiger partial charge is 0.315 e. The molecule has 5 fully saturated rings. The van der Waals surface area contributed by atoms with Crippen LogP contribution in [0.3, 0.4) is 0 Å². The molecule has 10 nitrogen and oxygen atoms in total. The van der Waals surface area contributed by atoms with Gasteiger partial charge in [0.1, 0.15) is 24.4 Å². The van der Waals surface area contributed by atoms with Crippen LogP contribution in [0.15, 0.2) is 11.6 Å². The topological polar surface area (TPSA) is 177 Å². The highest BCUT2D eigenvalue weighted by molar-refractivity contribution is 5.79. The Kier molecular flexibility index (Phi) is 8.27. The molecule has 1 heterocycles. The maximum Gasteiger partial charge on any atom is 0.315 e. The summed E-state index contributed by atoms with van der Waals surface area (Å²) in [6, 6.07) is 0. The molecule has 0 aromatic heterocycles. The van der Waals surface area contributed by atoms with Crippen LogP contribution in [0, 0.1) is 50.7 Å². The Balaban J connectivity index is 1.39. The second-order valence-electron chi connectivity index (χ2n) is 17.7. The van der Waals surface area contributed by atoms with Crippen molar-refractivity contribution in [2.45, 2.75) is 148 Å². The van der Waals surface area contributed by atoms with Gasteiger partial charge in [-0.2, -0.15) is 0 Å². The van der Waals surface area contributed by atoms with Crippen LogP contribution in [-0.2, 0) is 14.3 Å². The van der Waals surface area contributed by atoms with Gasteiger partial charge in [-0.1, -0.05) is 53.2 Å². The molecule has 5 aliphatic carbocycles. The third kappa shape index (κ3) is 4.39. The van der Waals surface area contributed by atoms with Gasteiger partial charge in [0.25, 0.3) is 0 Å². The summed E-state index contributed by atoms with van der Waals surface area (Å²) >= 11 is 0. The third-order valence-electron chi connectivity index (χ3n) is 15.5. The molecule has 16 atom stereocenters. The Hall–Kier alpha value is -1.11. The Bertz CT molecular complexity index is 1250. The fourth-order valence-corrected chi connectivity index (χ4v) is 12.4. The summed E-state index contributed by atoms with van der Waals surface area (Å²) in [5.74, 6) is -0.787. The number of allylic oxidation sites excluding steroid dienone is 1. The van der Waals surface area contributed by atoms with Crippen molar-refractivity contribution in [1.29, 1.82) is 0 Å². The summed E-state index contributed by atoms with van der Waals surface area (Å²) < 4.78 is 11.5. The molecule has 262 valence electrons.